The van der Waals surface area contributed by atoms with E-state index in [-0.39, 0.29) is 10.7 Å². The van der Waals surface area contributed by atoms with Crippen molar-refractivity contribution >= 4 is 17.6 Å². The molecule has 0 fully saturated rings. The molecule has 0 amide bonds. The first-order valence-electron chi connectivity index (χ1n) is 6.57. The summed E-state index contributed by atoms with van der Waals surface area (Å²) in [5, 5.41) is 13.8. The maximum Gasteiger partial charge on any atom is 0.340 e. The van der Waals surface area contributed by atoms with Gasteiger partial charge < -0.3 is 5.11 Å². The van der Waals surface area contributed by atoms with Crippen molar-refractivity contribution in [2.75, 3.05) is 0 Å². The third-order valence-corrected chi connectivity index (χ3v) is 3.50. The van der Waals surface area contributed by atoms with Gasteiger partial charge in [-0.25, -0.2) is 9.48 Å². The molecule has 1 heterocycles. The van der Waals surface area contributed by atoms with Crippen LogP contribution in [0.5, 0.6) is 0 Å². The number of halogens is 1. The van der Waals surface area contributed by atoms with Crippen LogP contribution >= 0.6 is 11.6 Å². The SMILES string of the molecule is CCCc1nn(Cc2ccc(C)cc2)c(Cl)c1C(=O)O. The number of carbonyl (C=O) groups is 1. The van der Waals surface area contributed by atoms with Gasteiger partial charge in [0.1, 0.15) is 10.7 Å². The van der Waals surface area contributed by atoms with Crippen LogP contribution in [-0.4, -0.2) is 20.9 Å². The van der Waals surface area contributed by atoms with Gasteiger partial charge in [0.15, 0.2) is 0 Å². The number of aromatic carboxylic acids is 1. The first-order chi connectivity index (χ1) is 9.52. The number of rotatable bonds is 5. The van der Waals surface area contributed by atoms with Crippen LogP contribution in [0.2, 0.25) is 5.15 Å². The number of carboxylic acid groups (broad SMARTS) is 1. The van der Waals surface area contributed by atoms with E-state index >= 15 is 0 Å². The Morgan fingerprint density at radius 1 is 1.35 bits per heavy atom. The highest BCUT2D eigenvalue weighted by molar-refractivity contribution is 6.32. The Hall–Kier alpha value is -1.81. The number of carboxylic acids is 1. The Balaban J connectivity index is 2.34. The molecule has 0 aliphatic rings. The minimum Gasteiger partial charge on any atom is -0.478 e. The number of nitrogens with zero attached hydrogens (tertiary/aromatic N) is 2. The summed E-state index contributed by atoms with van der Waals surface area (Å²) >= 11 is 6.16. The van der Waals surface area contributed by atoms with Crippen molar-refractivity contribution in [2.45, 2.75) is 33.2 Å². The zero-order valence-electron chi connectivity index (χ0n) is 11.6. The molecule has 0 aliphatic carbocycles. The summed E-state index contributed by atoms with van der Waals surface area (Å²) < 4.78 is 1.56. The second-order valence-corrected chi connectivity index (χ2v) is 5.17. The highest BCUT2D eigenvalue weighted by atomic mass is 35.5. The van der Waals surface area contributed by atoms with E-state index in [4.69, 9.17) is 11.6 Å². The average molecular weight is 293 g/mol. The summed E-state index contributed by atoms with van der Waals surface area (Å²) in [5.41, 5.74) is 2.90. The Morgan fingerprint density at radius 3 is 2.55 bits per heavy atom. The third-order valence-electron chi connectivity index (χ3n) is 3.12. The second kappa shape index (κ2) is 6.09. The lowest BCUT2D eigenvalue weighted by molar-refractivity contribution is 0.0696. The van der Waals surface area contributed by atoms with Crippen LogP contribution in [-0.2, 0) is 13.0 Å². The summed E-state index contributed by atoms with van der Waals surface area (Å²) in [6.07, 6.45) is 1.44. The van der Waals surface area contributed by atoms with Crippen molar-refractivity contribution in [1.29, 1.82) is 0 Å². The predicted molar refractivity (Wildman–Crippen MR) is 78.5 cm³/mol. The fourth-order valence-corrected chi connectivity index (χ4v) is 2.37. The average Bonchev–Trinajstić information content (AvgIpc) is 2.69. The zero-order chi connectivity index (χ0) is 14.7. The van der Waals surface area contributed by atoms with Crippen LogP contribution in [0.15, 0.2) is 24.3 Å². The van der Waals surface area contributed by atoms with E-state index in [0.29, 0.717) is 18.7 Å². The van der Waals surface area contributed by atoms with Crippen molar-refractivity contribution in [3.05, 3.63) is 51.8 Å². The van der Waals surface area contributed by atoms with Gasteiger partial charge >= 0.3 is 5.97 Å². The molecule has 0 bridgehead atoms. The summed E-state index contributed by atoms with van der Waals surface area (Å²) in [5.74, 6) is -1.02. The Kier molecular flexibility index (Phi) is 4.45. The smallest absolute Gasteiger partial charge is 0.340 e. The molecule has 1 aromatic heterocycles. The predicted octanol–water partition coefficient (Wildman–Crippen LogP) is 3.54. The number of hydrogen-bond acceptors (Lipinski definition) is 2. The van der Waals surface area contributed by atoms with Crippen molar-refractivity contribution < 1.29 is 9.90 Å². The molecule has 1 N–H and O–H groups in total. The molecular formula is C15H17ClN2O2. The molecule has 1 aromatic carbocycles. The lowest BCUT2D eigenvalue weighted by Crippen LogP contribution is -2.03. The Morgan fingerprint density at radius 2 is 2.00 bits per heavy atom. The van der Waals surface area contributed by atoms with Crippen LogP contribution in [0, 0.1) is 6.92 Å². The maximum atomic E-state index is 11.3. The van der Waals surface area contributed by atoms with Gasteiger partial charge in [-0.05, 0) is 18.9 Å². The largest absolute Gasteiger partial charge is 0.478 e. The molecule has 0 saturated carbocycles. The highest BCUT2D eigenvalue weighted by Crippen LogP contribution is 2.22. The summed E-state index contributed by atoms with van der Waals surface area (Å²) in [6.45, 7) is 4.48. The summed E-state index contributed by atoms with van der Waals surface area (Å²) in [4.78, 5) is 11.3. The quantitative estimate of drug-likeness (QED) is 0.917. The minimum absolute atomic E-state index is 0.126. The number of aryl methyl sites for hydroxylation is 2. The van der Waals surface area contributed by atoms with E-state index in [9.17, 15) is 9.90 Å². The van der Waals surface area contributed by atoms with Crippen LogP contribution in [0.3, 0.4) is 0 Å². The monoisotopic (exact) mass is 292 g/mol. The normalized spacial score (nSPS) is 10.8. The minimum atomic E-state index is -1.02. The van der Waals surface area contributed by atoms with Crippen LogP contribution < -0.4 is 0 Å². The van der Waals surface area contributed by atoms with E-state index < -0.39 is 5.97 Å². The molecule has 0 saturated heterocycles. The fraction of sp³-hybridized carbons (Fsp3) is 0.333. The molecule has 0 atom stereocenters. The molecule has 5 heteroatoms. The molecule has 0 unspecified atom stereocenters. The maximum absolute atomic E-state index is 11.3. The van der Waals surface area contributed by atoms with Gasteiger partial charge in [0.25, 0.3) is 0 Å². The van der Waals surface area contributed by atoms with E-state index in [2.05, 4.69) is 5.10 Å². The Bertz CT molecular complexity index is 618. The molecule has 2 aromatic rings. The van der Waals surface area contributed by atoms with Crippen molar-refractivity contribution in [1.82, 2.24) is 9.78 Å². The van der Waals surface area contributed by atoms with Gasteiger partial charge in [0.2, 0.25) is 0 Å². The number of benzene rings is 1. The van der Waals surface area contributed by atoms with Gasteiger partial charge in [-0.3, -0.25) is 0 Å². The van der Waals surface area contributed by atoms with Crippen LogP contribution in [0.25, 0.3) is 0 Å². The second-order valence-electron chi connectivity index (χ2n) is 4.81. The molecule has 4 nitrogen and oxygen atoms in total. The van der Waals surface area contributed by atoms with Crippen LogP contribution in [0.1, 0.15) is 40.5 Å². The van der Waals surface area contributed by atoms with E-state index in [1.165, 1.54) is 5.56 Å². The van der Waals surface area contributed by atoms with Crippen molar-refractivity contribution in [3.63, 3.8) is 0 Å². The molecule has 0 spiro atoms. The third kappa shape index (κ3) is 3.02. The lowest BCUT2D eigenvalue weighted by atomic mass is 10.1. The van der Waals surface area contributed by atoms with Crippen molar-refractivity contribution in [3.8, 4) is 0 Å². The fourth-order valence-electron chi connectivity index (χ4n) is 2.08. The molecule has 0 aliphatic heterocycles. The molecule has 0 radical (unpaired) electrons. The highest BCUT2D eigenvalue weighted by Gasteiger charge is 2.21. The van der Waals surface area contributed by atoms with Gasteiger partial charge in [-0.2, -0.15) is 5.10 Å². The standard InChI is InChI=1S/C15H17ClN2O2/c1-3-4-12-13(15(19)20)14(16)18(17-12)9-11-7-5-10(2)6-8-11/h5-8H,3-4,9H2,1-2H3,(H,19,20). The van der Waals surface area contributed by atoms with Gasteiger partial charge in [0.05, 0.1) is 12.2 Å². The molecule has 2 rings (SSSR count). The Labute approximate surface area is 123 Å². The molecule has 20 heavy (non-hydrogen) atoms. The number of aromatic nitrogens is 2. The zero-order valence-corrected chi connectivity index (χ0v) is 12.3. The van der Waals surface area contributed by atoms with E-state index in [0.717, 1.165) is 12.0 Å². The molecule has 106 valence electrons. The van der Waals surface area contributed by atoms with Crippen LogP contribution in [0.4, 0.5) is 0 Å². The first kappa shape index (κ1) is 14.6. The summed E-state index contributed by atoms with van der Waals surface area (Å²) in [7, 11) is 0. The first-order valence-corrected chi connectivity index (χ1v) is 6.94. The van der Waals surface area contributed by atoms with Crippen molar-refractivity contribution in [2.24, 2.45) is 0 Å². The summed E-state index contributed by atoms with van der Waals surface area (Å²) in [6, 6.07) is 8.01. The van der Waals surface area contributed by atoms with E-state index in [1.807, 2.05) is 38.1 Å². The van der Waals surface area contributed by atoms with Gasteiger partial charge in [-0.15, -0.1) is 0 Å². The lowest BCUT2D eigenvalue weighted by Gasteiger charge is -2.04. The number of hydrogen-bond donors (Lipinski definition) is 1. The van der Waals surface area contributed by atoms with E-state index in [1.54, 1.807) is 4.68 Å². The topological polar surface area (TPSA) is 55.1 Å². The molecular weight excluding hydrogens is 276 g/mol. The van der Waals surface area contributed by atoms with Gasteiger partial charge in [-0.1, -0.05) is 54.8 Å². The van der Waals surface area contributed by atoms with Gasteiger partial charge in [0, 0.05) is 0 Å².